The summed E-state index contributed by atoms with van der Waals surface area (Å²) in [5, 5.41) is 2.24. The van der Waals surface area contributed by atoms with Crippen molar-refractivity contribution in [3.05, 3.63) is 29.3 Å². The van der Waals surface area contributed by atoms with Gasteiger partial charge in [0.1, 0.15) is 7.85 Å². The summed E-state index contributed by atoms with van der Waals surface area (Å²) in [6, 6.07) is 4.63. The molecule has 2 aliphatic rings. The summed E-state index contributed by atoms with van der Waals surface area (Å²) in [5.74, 6) is -2.18. The van der Waals surface area contributed by atoms with Crippen molar-refractivity contribution in [1.82, 2.24) is 10.2 Å². The number of nitrogen functional groups attached to an aromatic ring is 1. The lowest BCUT2D eigenvalue weighted by atomic mass is 9.72. The Hall–Kier alpha value is -2.64. The molecule has 3 rings (SSSR count). The van der Waals surface area contributed by atoms with Crippen LogP contribution < -0.4 is 11.1 Å². The van der Waals surface area contributed by atoms with Gasteiger partial charge in [-0.15, -0.1) is 0 Å². The normalized spacial score (nSPS) is 25.0. The van der Waals surface area contributed by atoms with E-state index < -0.39 is 29.1 Å². The van der Waals surface area contributed by atoms with E-state index in [4.69, 9.17) is 5.73 Å². The number of nitrogens with zero attached hydrogens (tertiary/aromatic N) is 1. The van der Waals surface area contributed by atoms with Crippen molar-refractivity contribution in [2.45, 2.75) is 24.7 Å². The summed E-state index contributed by atoms with van der Waals surface area (Å²) < 4.78 is 0. The molecular formula is C14H14BN3O4. The minimum atomic E-state index is -1.40. The number of hydrogen-bond acceptors (Lipinski definition) is 5. The number of amides is 4. The number of benzene rings is 1. The molecule has 1 saturated heterocycles. The maximum absolute atomic E-state index is 12.6. The highest BCUT2D eigenvalue weighted by Crippen LogP contribution is 2.34. The molecule has 1 aromatic carbocycles. The average Bonchev–Trinajstić information content (AvgIpc) is 2.63. The first-order valence-electron chi connectivity index (χ1n) is 6.98. The van der Waals surface area contributed by atoms with Gasteiger partial charge >= 0.3 is 0 Å². The number of nitrogens with two attached hydrogens (primary N) is 1. The molecule has 0 aliphatic carbocycles. The predicted molar refractivity (Wildman–Crippen MR) is 79.6 cm³/mol. The van der Waals surface area contributed by atoms with Crippen molar-refractivity contribution in [2.75, 3.05) is 5.73 Å². The molecule has 2 aliphatic heterocycles. The van der Waals surface area contributed by atoms with Gasteiger partial charge in [0.25, 0.3) is 11.8 Å². The van der Waals surface area contributed by atoms with Crippen LogP contribution in [0.1, 0.15) is 40.0 Å². The molecule has 22 heavy (non-hydrogen) atoms. The highest BCUT2D eigenvalue weighted by atomic mass is 16.2. The molecule has 8 heteroatoms. The van der Waals surface area contributed by atoms with Crippen molar-refractivity contribution in [2.24, 2.45) is 0 Å². The molecule has 0 saturated carbocycles. The van der Waals surface area contributed by atoms with Gasteiger partial charge in [-0.3, -0.25) is 29.4 Å². The van der Waals surface area contributed by atoms with Gasteiger partial charge in [0.05, 0.1) is 16.6 Å². The minimum Gasteiger partial charge on any atom is -0.398 e. The van der Waals surface area contributed by atoms with E-state index in [0.29, 0.717) is 6.42 Å². The Morgan fingerprint density at radius 3 is 2.59 bits per heavy atom. The molecule has 0 bridgehead atoms. The third-order valence-electron chi connectivity index (χ3n) is 4.25. The monoisotopic (exact) mass is 299 g/mol. The fraction of sp³-hybridized carbons (Fsp3) is 0.286. The van der Waals surface area contributed by atoms with Crippen LogP contribution in [0.4, 0.5) is 5.69 Å². The van der Waals surface area contributed by atoms with Gasteiger partial charge in [0.2, 0.25) is 11.8 Å². The molecule has 0 aromatic heterocycles. The molecule has 3 N–H and O–H groups in total. The summed E-state index contributed by atoms with van der Waals surface area (Å²) in [6.07, 6.45) is 0.833. The van der Waals surface area contributed by atoms with Crippen molar-refractivity contribution in [3.63, 3.8) is 0 Å². The van der Waals surface area contributed by atoms with Gasteiger partial charge < -0.3 is 5.73 Å². The first-order valence-corrected chi connectivity index (χ1v) is 6.98. The number of imide groups is 2. The van der Waals surface area contributed by atoms with Crippen LogP contribution in [0.25, 0.3) is 0 Å². The number of hydrogen-bond donors (Lipinski definition) is 2. The quantitative estimate of drug-likeness (QED) is 0.393. The van der Waals surface area contributed by atoms with Crippen molar-refractivity contribution >= 4 is 37.2 Å². The fourth-order valence-corrected chi connectivity index (χ4v) is 3.00. The van der Waals surface area contributed by atoms with Gasteiger partial charge in [-0.05, 0) is 25.0 Å². The van der Waals surface area contributed by atoms with Crippen molar-refractivity contribution in [3.8, 4) is 0 Å². The second-order valence-electron chi connectivity index (χ2n) is 5.72. The second kappa shape index (κ2) is 4.69. The van der Waals surface area contributed by atoms with E-state index in [1.54, 1.807) is 6.07 Å². The van der Waals surface area contributed by atoms with Crippen LogP contribution in [-0.2, 0) is 9.59 Å². The molecule has 0 radical (unpaired) electrons. The van der Waals surface area contributed by atoms with E-state index in [-0.39, 0.29) is 29.7 Å². The second-order valence-corrected chi connectivity index (χ2v) is 5.72. The number of nitrogens with one attached hydrogen (secondary N) is 1. The standard InChI is InChI=1S/C14H14BN3O4/c15-14(6-2-5-9(19)17-13(14)22)18-11(20)7-3-1-4-8(16)10(7)12(18)21/h1,3-4H,2,5-6,15-16H2,(H,17,19,22)/t14-/m0/s1. The van der Waals surface area contributed by atoms with Crippen molar-refractivity contribution < 1.29 is 19.2 Å². The third kappa shape index (κ3) is 1.83. The largest absolute Gasteiger partial charge is 0.398 e. The zero-order valence-corrected chi connectivity index (χ0v) is 12.0. The van der Waals surface area contributed by atoms with E-state index >= 15 is 0 Å². The average molecular weight is 299 g/mol. The van der Waals surface area contributed by atoms with E-state index in [0.717, 1.165) is 4.90 Å². The SMILES string of the molecule is B[C@]1(N2C(=O)c3cccc(N)c3C2=O)CCCC(=O)NC1=O. The third-order valence-corrected chi connectivity index (χ3v) is 4.25. The fourth-order valence-electron chi connectivity index (χ4n) is 3.00. The lowest BCUT2D eigenvalue weighted by Gasteiger charge is -2.34. The first kappa shape index (κ1) is 14.3. The van der Waals surface area contributed by atoms with Gasteiger partial charge in [-0.25, -0.2) is 0 Å². The Morgan fingerprint density at radius 1 is 1.18 bits per heavy atom. The number of carbonyl (C=O) groups excluding carboxylic acids is 4. The lowest BCUT2D eigenvalue weighted by molar-refractivity contribution is -0.132. The molecule has 0 unspecified atom stereocenters. The number of carbonyl (C=O) groups is 4. The smallest absolute Gasteiger partial charge is 0.263 e. The molecule has 112 valence electrons. The van der Waals surface area contributed by atoms with E-state index in [1.165, 1.54) is 20.0 Å². The zero-order valence-electron chi connectivity index (χ0n) is 12.0. The molecule has 1 atom stereocenters. The maximum Gasteiger partial charge on any atom is 0.263 e. The van der Waals surface area contributed by atoms with E-state index in [1.807, 2.05) is 0 Å². The summed E-state index contributed by atoms with van der Waals surface area (Å²) in [6.45, 7) is 0. The Labute approximate surface area is 127 Å². The Morgan fingerprint density at radius 2 is 1.91 bits per heavy atom. The molecule has 7 nitrogen and oxygen atoms in total. The van der Waals surface area contributed by atoms with Gasteiger partial charge in [0.15, 0.2) is 0 Å². The Kier molecular flexibility index (Phi) is 3.05. The van der Waals surface area contributed by atoms with Crippen LogP contribution in [0.2, 0.25) is 0 Å². The highest BCUT2D eigenvalue weighted by Gasteiger charge is 2.51. The molecule has 0 spiro atoms. The van der Waals surface area contributed by atoms with Crippen molar-refractivity contribution in [1.29, 1.82) is 0 Å². The number of rotatable bonds is 1. The molecule has 4 amide bonds. The van der Waals surface area contributed by atoms with Crippen LogP contribution in [-0.4, -0.2) is 41.8 Å². The Balaban J connectivity index is 2.08. The van der Waals surface area contributed by atoms with Gasteiger partial charge in [-0.2, -0.15) is 0 Å². The highest BCUT2D eigenvalue weighted by molar-refractivity contribution is 6.37. The van der Waals surface area contributed by atoms with Crippen LogP contribution in [0, 0.1) is 0 Å². The first-order chi connectivity index (χ1) is 10.4. The number of fused-ring (bicyclic) bond motifs is 1. The summed E-state index contributed by atoms with van der Waals surface area (Å²) >= 11 is 0. The minimum absolute atomic E-state index is 0.122. The summed E-state index contributed by atoms with van der Waals surface area (Å²) in [5.41, 5.74) is 4.91. The summed E-state index contributed by atoms with van der Waals surface area (Å²) in [4.78, 5) is 50.0. The Bertz CT molecular complexity index is 733. The molecular weight excluding hydrogens is 285 g/mol. The summed E-state index contributed by atoms with van der Waals surface area (Å²) in [7, 11) is 1.50. The van der Waals surface area contributed by atoms with Gasteiger partial charge in [0, 0.05) is 12.1 Å². The van der Waals surface area contributed by atoms with E-state index in [9.17, 15) is 19.2 Å². The van der Waals surface area contributed by atoms with Crippen LogP contribution in [0.5, 0.6) is 0 Å². The van der Waals surface area contributed by atoms with Crippen LogP contribution in [0.15, 0.2) is 18.2 Å². The molecule has 1 aromatic rings. The van der Waals surface area contributed by atoms with Crippen LogP contribution in [0.3, 0.4) is 0 Å². The lowest BCUT2D eigenvalue weighted by Crippen LogP contribution is -2.61. The van der Waals surface area contributed by atoms with Crippen LogP contribution >= 0.6 is 0 Å². The number of anilines is 1. The van der Waals surface area contributed by atoms with E-state index in [2.05, 4.69) is 5.32 Å². The predicted octanol–water partition coefficient (Wildman–Crippen LogP) is -0.979. The topological polar surface area (TPSA) is 110 Å². The maximum atomic E-state index is 12.6. The molecule has 1 fully saturated rings. The molecule has 2 heterocycles. The van der Waals surface area contributed by atoms with Gasteiger partial charge in [-0.1, -0.05) is 6.07 Å². The zero-order chi connectivity index (χ0) is 16.1.